The lowest BCUT2D eigenvalue weighted by Crippen LogP contribution is -2.43. The molecular weight excluding hydrogens is 444 g/mol. The molecule has 0 spiro atoms. The lowest BCUT2D eigenvalue weighted by molar-refractivity contribution is 0.107. The van der Waals surface area contributed by atoms with Crippen LogP contribution >= 0.6 is 11.6 Å². The number of aromatic nitrogens is 3. The van der Waals surface area contributed by atoms with Crippen molar-refractivity contribution < 1.29 is 23.0 Å². The molecule has 0 N–H and O–H groups in total. The van der Waals surface area contributed by atoms with E-state index in [4.69, 9.17) is 25.8 Å². The molecule has 0 radical (unpaired) electrons. The largest absolute Gasteiger partial charge is 0.480 e. The fourth-order valence-corrected chi connectivity index (χ4v) is 5.29. The molecule has 0 amide bonds. The normalized spacial score (nSPS) is 26.4. The van der Waals surface area contributed by atoms with Crippen LogP contribution in [0.3, 0.4) is 0 Å². The van der Waals surface area contributed by atoms with Crippen LogP contribution in [0, 0.1) is 5.82 Å². The molecule has 8 nitrogen and oxygen atoms in total. The SMILES string of the molecule is COc1nc(Cl)c(F)c2nc(OC[C@@]34CCCN3C[C@H](F)C4)nc(N3CCCOCC3)c12. The summed E-state index contributed by atoms with van der Waals surface area (Å²) >= 11 is 6.01. The Morgan fingerprint density at radius 3 is 2.91 bits per heavy atom. The zero-order chi connectivity index (χ0) is 22.3. The van der Waals surface area contributed by atoms with Crippen LogP contribution in [0.4, 0.5) is 14.6 Å². The number of alkyl halides is 1. The first-order valence-electron chi connectivity index (χ1n) is 11.0. The molecule has 3 aliphatic rings. The van der Waals surface area contributed by atoms with Gasteiger partial charge in [-0.05, 0) is 25.8 Å². The van der Waals surface area contributed by atoms with Crippen LogP contribution in [0.25, 0.3) is 10.9 Å². The summed E-state index contributed by atoms with van der Waals surface area (Å²) in [5, 5.41) is 0.00905. The van der Waals surface area contributed by atoms with Gasteiger partial charge in [0.25, 0.3) is 0 Å². The average Bonchev–Trinajstić information content (AvgIpc) is 3.16. The highest BCUT2D eigenvalue weighted by Gasteiger charge is 2.49. The van der Waals surface area contributed by atoms with E-state index in [2.05, 4.69) is 19.9 Å². The van der Waals surface area contributed by atoms with Gasteiger partial charge < -0.3 is 19.1 Å². The Morgan fingerprint density at radius 2 is 2.06 bits per heavy atom. The first kappa shape index (κ1) is 21.8. The first-order chi connectivity index (χ1) is 15.5. The standard InChI is InChI=1S/C21H26ClF2N5O3/c1-30-19-14-16(15(24)17(22)26-19)25-20(27-18(14)28-5-3-8-31-9-7-28)32-12-21-4-2-6-29(21)11-13(23)10-21/h13H,2-12H2,1H3/t13-,21+/m1/s1. The van der Waals surface area contributed by atoms with Gasteiger partial charge in [0, 0.05) is 32.7 Å². The van der Waals surface area contributed by atoms with Gasteiger partial charge in [0.1, 0.15) is 29.5 Å². The molecule has 2 aromatic rings. The minimum atomic E-state index is -0.865. The van der Waals surface area contributed by atoms with Crippen LogP contribution in [-0.2, 0) is 4.74 Å². The van der Waals surface area contributed by atoms with E-state index in [-0.39, 0.29) is 34.7 Å². The molecule has 0 aromatic carbocycles. The van der Waals surface area contributed by atoms with Crippen LogP contribution in [0.5, 0.6) is 11.9 Å². The number of pyridine rings is 1. The Kier molecular flexibility index (Phi) is 5.94. The van der Waals surface area contributed by atoms with Crippen molar-refractivity contribution in [1.82, 2.24) is 19.9 Å². The second-order valence-corrected chi connectivity index (χ2v) is 8.95. The molecular formula is C21H26ClF2N5O3. The van der Waals surface area contributed by atoms with E-state index in [1.807, 2.05) is 4.90 Å². The van der Waals surface area contributed by atoms with Gasteiger partial charge in [-0.1, -0.05) is 11.6 Å². The zero-order valence-corrected chi connectivity index (χ0v) is 18.7. The van der Waals surface area contributed by atoms with Crippen molar-refractivity contribution in [3.8, 4) is 11.9 Å². The maximum absolute atomic E-state index is 15.0. The average molecular weight is 470 g/mol. The quantitative estimate of drug-likeness (QED) is 0.619. The maximum Gasteiger partial charge on any atom is 0.319 e. The molecule has 0 bridgehead atoms. The van der Waals surface area contributed by atoms with E-state index in [9.17, 15) is 4.39 Å². The number of anilines is 1. The van der Waals surface area contributed by atoms with Crippen LogP contribution < -0.4 is 14.4 Å². The van der Waals surface area contributed by atoms with Gasteiger partial charge in [-0.2, -0.15) is 15.0 Å². The summed E-state index contributed by atoms with van der Waals surface area (Å²) in [6.45, 7) is 3.92. The van der Waals surface area contributed by atoms with Gasteiger partial charge in [0.2, 0.25) is 5.88 Å². The van der Waals surface area contributed by atoms with Crippen molar-refractivity contribution in [3.63, 3.8) is 0 Å². The fraction of sp³-hybridized carbons (Fsp3) is 0.667. The Bertz CT molecular complexity index is 1010. The summed E-state index contributed by atoms with van der Waals surface area (Å²) in [7, 11) is 1.44. The highest BCUT2D eigenvalue weighted by Crippen LogP contribution is 2.41. The van der Waals surface area contributed by atoms with Crippen molar-refractivity contribution in [2.24, 2.45) is 0 Å². The number of nitrogens with zero attached hydrogens (tertiary/aromatic N) is 5. The third kappa shape index (κ3) is 3.82. The van der Waals surface area contributed by atoms with Crippen LogP contribution in [0.15, 0.2) is 0 Å². The van der Waals surface area contributed by atoms with E-state index >= 15 is 4.39 Å². The molecule has 3 aliphatic heterocycles. The monoisotopic (exact) mass is 469 g/mol. The number of fused-ring (bicyclic) bond motifs is 2. The number of hydrogen-bond donors (Lipinski definition) is 0. The number of halogens is 3. The van der Waals surface area contributed by atoms with E-state index in [1.165, 1.54) is 7.11 Å². The molecule has 2 atom stereocenters. The molecule has 3 fully saturated rings. The number of methoxy groups -OCH3 is 1. The summed E-state index contributed by atoms with van der Waals surface area (Å²) in [5.41, 5.74) is -0.372. The third-order valence-electron chi connectivity index (χ3n) is 6.62. The van der Waals surface area contributed by atoms with Crippen molar-refractivity contribution in [1.29, 1.82) is 0 Å². The lowest BCUT2D eigenvalue weighted by atomic mass is 9.95. The summed E-state index contributed by atoms with van der Waals surface area (Å²) in [6, 6.07) is 0.0319. The number of hydrogen-bond acceptors (Lipinski definition) is 8. The minimum Gasteiger partial charge on any atom is -0.480 e. The Hall–Kier alpha value is -2.04. The second kappa shape index (κ2) is 8.72. The Balaban J connectivity index is 1.55. The summed E-state index contributed by atoms with van der Waals surface area (Å²) in [5.74, 6) is -0.145. The highest BCUT2D eigenvalue weighted by molar-refractivity contribution is 6.30. The maximum atomic E-state index is 15.0. The topological polar surface area (TPSA) is 72.8 Å². The third-order valence-corrected chi connectivity index (χ3v) is 6.87. The molecule has 0 aliphatic carbocycles. The van der Waals surface area contributed by atoms with Crippen molar-refractivity contribution >= 4 is 28.3 Å². The van der Waals surface area contributed by atoms with Gasteiger partial charge in [0.05, 0.1) is 19.3 Å². The Labute approximate surface area is 189 Å². The molecule has 0 saturated carbocycles. The molecule has 11 heteroatoms. The second-order valence-electron chi connectivity index (χ2n) is 8.60. The van der Waals surface area contributed by atoms with E-state index in [0.29, 0.717) is 50.5 Å². The van der Waals surface area contributed by atoms with E-state index in [0.717, 1.165) is 25.8 Å². The first-order valence-corrected chi connectivity index (χ1v) is 11.3. The highest BCUT2D eigenvalue weighted by atomic mass is 35.5. The predicted octanol–water partition coefficient (Wildman–Crippen LogP) is 3.01. The zero-order valence-electron chi connectivity index (χ0n) is 18.0. The fourth-order valence-electron chi connectivity index (χ4n) is 5.12. The van der Waals surface area contributed by atoms with Crippen LogP contribution in [0.2, 0.25) is 5.15 Å². The predicted molar refractivity (Wildman–Crippen MR) is 115 cm³/mol. The summed E-state index contributed by atoms with van der Waals surface area (Å²) in [6.07, 6.45) is 2.21. The van der Waals surface area contributed by atoms with Gasteiger partial charge in [-0.3, -0.25) is 4.90 Å². The van der Waals surface area contributed by atoms with Crippen LogP contribution in [0.1, 0.15) is 25.7 Å². The molecule has 5 rings (SSSR count). The molecule has 174 valence electrons. The summed E-state index contributed by atoms with van der Waals surface area (Å²) in [4.78, 5) is 17.1. The molecule has 32 heavy (non-hydrogen) atoms. The molecule has 0 unspecified atom stereocenters. The number of rotatable bonds is 5. The summed E-state index contributed by atoms with van der Waals surface area (Å²) < 4.78 is 46.1. The van der Waals surface area contributed by atoms with Gasteiger partial charge in [-0.25, -0.2) is 8.78 Å². The van der Waals surface area contributed by atoms with Gasteiger partial charge in [0.15, 0.2) is 11.0 Å². The molecule has 3 saturated heterocycles. The van der Waals surface area contributed by atoms with Crippen molar-refractivity contribution in [3.05, 3.63) is 11.0 Å². The van der Waals surface area contributed by atoms with E-state index < -0.39 is 12.0 Å². The van der Waals surface area contributed by atoms with Gasteiger partial charge in [-0.15, -0.1) is 0 Å². The van der Waals surface area contributed by atoms with Crippen molar-refractivity contribution in [2.45, 2.75) is 37.4 Å². The van der Waals surface area contributed by atoms with Crippen LogP contribution in [-0.4, -0.2) is 84.7 Å². The minimum absolute atomic E-state index is 0.0115. The number of ether oxygens (including phenoxy) is 3. The molecule has 5 heterocycles. The van der Waals surface area contributed by atoms with Gasteiger partial charge >= 0.3 is 6.01 Å². The van der Waals surface area contributed by atoms with Crippen molar-refractivity contribution in [2.75, 3.05) is 58.0 Å². The molecule has 2 aromatic heterocycles. The smallest absolute Gasteiger partial charge is 0.319 e. The Morgan fingerprint density at radius 1 is 1.19 bits per heavy atom. The van der Waals surface area contributed by atoms with E-state index in [1.54, 1.807) is 0 Å². The lowest BCUT2D eigenvalue weighted by Gasteiger charge is -2.31.